The number of anilines is 1. The number of hydrogen-bond acceptors (Lipinski definition) is 7. The van der Waals surface area contributed by atoms with Gasteiger partial charge in [0.1, 0.15) is 12.4 Å². The molecule has 0 saturated heterocycles. The van der Waals surface area contributed by atoms with E-state index in [-0.39, 0.29) is 24.0 Å². The quantitative estimate of drug-likeness (QED) is 0.368. The molecule has 0 aliphatic rings. The third kappa shape index (κ3) is 4.75. The highest BCUT2D eigenvalue weighted by Crippen LogP contribution is 2.26. The molecule has 138 valence electrons. The van der Waals surface area contributed by atoms with E-state index < -0.39 is 0 Å². The molecule has 3 rings (SSSR count). The van der Waals surface area contributed by atoms with Gasteiger partial charge in [-0.25, -0.2) is 4.63 Å². The molecule has 8 nitrogen and oxygen atoms in total. The molecule has 2 aromatic carbocycles. The molecule has 0 aliphatic carbocycles. The van der Waals surface area contributed by atoms with Crippen molar-refractivity contribution in [1.29, 1.82) is 0 Å². The Labute approximate surface area is 164 Å². The molecular formula is C17H14Cl2N6O2. The second kappa shape index (κ2) is 8.52. The molecule has 0 bridgehead atoms. The number of benzene rings is 2. The Bertz CT molecular complexity index is 982. The first-order valence-electron chi connectivity index (χ1n) is 7.65. The fourth-order valence-corrected chi connectivity index (χ4v) is 2.60. The first-order chi connectivity index (χ1) is 13.0. The molecule has 10 heteroatoms. The van der Waals surface area contributed by atoms with E-state index in [1.165, 1.54) is 6.21 Å². The van der Waals surface area contributed by atoms with Crippen molar-refractivity contribution in [1.82, 2.24) is 10.3 Å². The SMILES string of the molecule is NC(=N/N=C\c1cccc(OCc2c(Cl)cccc2Cl)c1)c1nonc1N. The number of hydrogen-bond donors (Lipinski definition) is 2. The number of ether oxygens (including phenoxy) is 1. The predicted octanol–water partition coefficient (Wildman–Crippen LogP) is 3.28. The summed E-state index contributed by atoms with van der Waals surface area (Å²) in [5, 5.41) is 15.8. The summed E-state index contributed by atoms with van der Waals surface area (Å²) >= 11 is 12.3. The van der Waals surface area contributed by atoms with E-state index in [2.05, 4.69) is 25.1 Å². The molecule has 0 unspecified atom stereocenters. The van der Waals surface area contributed by atoms with Gasteiger partial charge in [0.2, 0.25) is 0 Å². The smallest absolute Gasteiger partial charge is 0.199 e. The van der Waals surface area contributed by atoms with Crippen LogP contribution in [0.3, 0.4) is 0 Å². The van der Waals surface area contributed by atoms with Crippen molar-refractivity contribution >= 4 is 41.1 Å². The van der Waals surface area contributed by atoms with Crippen LogP contribution in [0.2, 0.25) is 10.0 Å². The lowest BCUT2D eigenvalue weighted by molar-refractivity contribution is 0.306. The zero-order valence-electron chi connectivity index (χ0n) is 13.8. The standard InChI is InChI=1S/C17H14Cl2N6O2/c18-13-5-2-6-14(19)12(13)9-26-11-4-1-3-10(7-11)8-22-23-16(20)15-17(21)25-27-24-15/h1-8H,9H2,(H2,20,23)(H2,21,25)/b22-8-. The highest BCUT2D eigenvalue weighted by molar-refractivity contribution is 6.35. The summed E-state index contributed by atoms with van der Waals surface area (Å²) in [5.41, 5.74) is 12.9. The van der Waals surface area contributed by atoms with Gasteiger partial charge in [-0.2, -0.15) is 5.10 Å². The van der Waals surface area contributed by atoms with E-state index in [1.54, 1.807) is 24.3 Å². The number of halogens is 2. The van der Waals surface area contributed by atoms with E-state index in [0.717, 1.165) is 11.1 Å². The average Bonchev–Trinajstić information content (AvgIpc) is 3.08. The lowest BCUT2D eigenvalue weighted by Crippen LogP contribution is -2.15. The summed E-state index contributed by atoms with van der Waals surface area (Å²) in [5.74, 6) is 0.655. The molecule has 0 radical (unpaired) electrons. The molecule has 0 aliphatic heterocycles. The van der Waals surface area contributed by atoms with E-state index in [4.69, 9.17) is 39.4 Å². The molecule has 0 amide bonds. The second-order valence-corrected chi connectivity index (χ2v) is 6.10. The number of aromatic nitrogens is 2. The van der Waals surface area contributed by atoms with Crippen LogP contribution in [-0.2, 0) is 6.61 Å². The normalized spacial score (nSPS) is 11.9. The predicted molar refractivity (Wildman–Crippen MR) is 104 cm³/mol. The number of nitrogen functional groups attached to an aromatic ring is 1. The van der Waals surface area contributed by atoms with Crippen LogP contribution >= 0.6 is 23.2 Å². The highest BCUT2D eigenvalue weighted by atomic mass is 35.5. The van der Waals surface area contributed by atoms with Gasteiger partial charge >= 0.3 is 0 Å². The van der Waals surface area contributed by atoms with Crippen LogP contribution in [0.15, 0.2) is 57.3 Å². The lowest BCUT2D eigenvalue weighted by Gasteiger charge is -2.09. The third-order valence-electron chi connectivity index (χ3n) is 3.43. The zero-order chi connectivity index (χ0) is 19.2. The van der Waals surface area contributed by atoms with Crippen molar-refractivity contribution in [2.24, 2.45) is 15.9 Å². The molecule has 0 atom stereocenters. The Hall–Kier alpha value is -3.10. The molecule has 0 spiro atoms. The van der Waals surface area contributed by atoms with Gasteiger partial charge < -0.3 is 16.2 Å². The van der Waals surface area contributed by atoms with Crippen molar-refractivity contribution in [3.63, 3.8) is 0 Å². The molecule has 1 heterocycles. The third-order valence-corrected chi connectivity index (χ3v) is 4.14. The Morgan fingerprint density at radius 3 is 2.59 bits per heavy atom. The fourth-order valence-electron chi connectivity index (χ4n) is 2.09. The molecule has 1 aromatic heterocycles. The summed E-state index contributed by atoms with van der Waals surface area (Å²) in [7, 11) is 0. The fraction of sp³-hybridized carbons (Fsp3) is 0.0588. The molecule has 27 heavy (non-hydrogen) atoms. The van der Waals surface area contributed by atoms with E-state index in [9.17, 15) is 0 Å². The summed E-state index contributed by atoms with van der Waals surface area (Å²) in [4.78, 5) is 0. The van der Waals surface area contributed by atoms with Crippen LogP contribution in [-0.4, -0.2) is 22.4 Å². The minimum atomic E-state index is -0.00855. The van der Waals surface area contributed by atoms with Crippen LogP contribution in [0.4, 0.5) is 5.82 Å². The topological polar surface area (TPSA) is 125 Å². The van der Waals surface area contributed by atoms with E-state index in [1.807, 2.05) is 18.2 Å². The summed E-state index contributed by atoms with van der Waals surface area (Å²) in [6.45, 7) is 0.239. The molecule has 3 aromatic rings. The minimum Gasteiger partial charge on any atom is -0.489 e. The van der Waals surface area contributed by atoms with Gasteiger partial charge in [-0.05, 0) is 40.1 Å². The minimum absolute atomic E-state index is 0.00855. The highest BCUT2D eigenvalue weighted by Gasteiger charge is 2.10. The Balaban J connectivity index is 1.68. The average molecular weight is 405 g/mol. The summed E-state index contributed by atoms with van der Waals surface area (Å²) < 4.78 is 10.2. The van der Waals surface area contributed by atoms with E-state index >= 15 is 0 Å². The number of amidine groups is 1. The van der Waals surface area contributed by atoms with Gasteiger partial charge in [0, 0.05) is 15.6 Å². The van der Waals surface area contributed by atoms with Gasteiger partial charge in [-0.15, -0.1) is 5.10 Å². The number of nitrogens with two attached hydrogens (primary N) is 2. The Morgan fingerprint density at radius 1 is 1.15 bits per heavy atom. The monoisotopic (exact) mass is 404 g/mol. The summed E-state index contributed by atoms with van der Waals surface area (Å²) in [6.07, 6.45) is 1.51. The Kier molecular flexibility index (Phi) is 5.90. The maximum Gasteiger partial charge on any atom is 0.199 e. The first kappa shape index (κ1) is 18.7. The van der Waals surface area contributed by atoms with Crippen molar-refractivity contribution in [3.05, 3.63) is 69.3 Å². The van der Waals surface area contributed by atoms with Crippen LogP contribution in [0, 0.1) is 0 Å². The van der Waals surface area contributed by atoms with Crippen molar-refractivity contribution < 1.29 is 9.37 Å². The van der Waals surface area contributed by atoms with Crippen LogP contribution < -0.4 is 16.2 Å². The van der Waals surface area contributed by atoms with Crippen molar-refractivity contribution in [3.8, 4) is 5.75 Å². The largest absolute Gasteiger partial charge is 0.489 e. The Morgan fingerprint density at radius 2 is 1.89 bits per heavy atom. The molecule has 0 saturated carbocycles. The summed E-state index contributed by atoms with van der Waals surface area (Å²) in [6, 6.07) is 12.5. The van der Waals surface area contributed by atoms with Gasteiger partial charge in [0.15, 0.2) is 17.3 Å². The molecule has 4 N–H and O–H groups in total. The first-order valence-corrected chi connectivity index (χ1v) is 8.41. The van der Waals surface area contributed by atoms with Gasteiger partial charge in [-0.3, -0.25) is 0 Å². The van der Waals surface area contributed by atoms with Crippen LogP contribution in [0.1, 0.15) is 16.8 Å². The zero-order valence-corrected chi connectivity index (χ0v) is 15.4. The number of nitrogens with zero attached hydrogens (tertiary/aromatic N) is 4. The van der Waals surface area contributed by atoms with E-state index in [0.29, 0.717) is 15.8 Å². The van der Waals surface area contributed by atoms with Crippen molar-refractivity contribution in [2.45, 2.75) is 6.61 Å². The van der Waals surface area contributed by atoms with Crippen molar-refractivity contribution in [2.75, 3.05) is 5.73 Å². The number of rotatable bonds is 6. The maximum absolute atomic E-state index is 6.14. The lowest BCUT2D eigenvalue weighted by atomic mass is 10.2. The molecule has 0 fully saturated rings. The maximum atomic E-state index is 6.14. The van der Waals surface area contributed by atoms with Crippen LogP contribution in [0.25, 0.3) is 0 Å². The van der Waals surface area contributed by atoms with Gasteiger partial charge in [-0.1, -0.05) is 41.4 Å². The van der Waals surface area contributed by atoms with Gasteiger partial charge in [0.25, 0.3) is 0 Å². The second-order valence-electron chi connectivity index (χ2n) is 5.29. The van der Waals surface area contributed by atoms with Crippen LogP contribution in [0.5, 0.6) is 5.75 Å². The van der Waals surface area contributed by atoms with Gasteiger partial charge in [0.05, 0.1) is 6.21 Å². The molecular weight excluding hydrogens is 391 g/mol.